The molecule has 2 amide bonds. The zero-order valence-electron chi connectivity index (χ0n) is 21.7. The number of hydrogen-bond acceptors (Lipinski definition) is 5. The van der Waals surface area contributed by atoms with Crippen LogP contribution in [0.3, 0.4) is 0 Å². The van der Waals surface area contributed by atoms with Crippen LogP contribution in [0.15, 0.2) is 66.7 Å². The highest BCUT2D eigenvalue weighted by Gasteiger charge is 2.27. The van der Waals surface area contributed by atoms with Gasteiger partial charge in [-0.25, -0.2) is 4.39 Å². The van der Waals surface area contributed by atoms with E-state index in [1.165, 1.54) is 12.1 Å². The normalized spacial score (nSPS) is 15.5. The number of piperazine rings is 1. The van der Waals surface area contributed by atoms with E-state index in [2.05, 4.69) is 21.2 Å². The van der Waals surface area contributed by atoms with Crippen molar-refractivity contribution in [3.8, 4) is 5.75 Å². The summed E-state index contributed by atoms with van der Waals surface area (Å²) < 4.78 is 18.8. The fourth-order valence-electron chi connectivity index (χ4n) is 5.22. The Morgan fingerprint density at radius 3 is 2.18 bits per heavy atom. The standard InChI is InChI=1S/C30H33FN4O3/c1-38-28-7-3-2-6-27(28)34-18-16-33(17-19-34)26-13-12-24(21-25(26)30(37)35-14-4-5-15-35)32-29(36)20-22-8-10-23(31)11-9-22/h2-3,6-13,21H,4-5,14-20H2,1H3,(H,32,36). The van der Waals surface area contributed by atoms with E-state index >= 15 is 0 Å². The van der Waals surface area contributed by atoms with Crippen LogP contribution in [0.25, 0.3) is 0 Å². The maximum Gasteiger partial charge on any atom is 0.256 e. The predicted molar refractivity (Wildman–Crippen MR) is 148 cm³/mol. The molecule has 2 fully saturated rings. The molecule has 8 heteroatoms. The van der Waals surface area contributed by atoms with Gasteiger partial charge in [0.1, 0.15) is 11.6 Å². The fourth-order valence-corrected chi connectivity index (χ4v) is 5.22. The zero-order valence-corrected chi connectivity index (χ0v) is 21.7. The third kappa shape index (κ3) is 5.74. The number of amides is 2. The van der Waals surface area contributed by atoms with Crippen molar-refractivity contribution in [2.45, 2.75) is 19.3 Å². The largest absolute Gasteiger partial charge is 0.495 e. The summed E-state index contributed by atoms with van der Waals surface area (Å²) >= 11 is 0. The van der Waals surface area contributed by atoms with Crippen molar-refractivity contribution in [3.63, 3.8) is 0 Å². The molecular formula is C30H33FN4O3. The van der Waals surface area contributed by atoms with Crippen LogP contribution in [0.2, 0.25) is 0 Å². The van der Waals surface area contributed by atoms with Crippen LogP contribution in [-0.2, 0) is 11.2 Å². The molecular weight excluding hydrogens is 483 g/mol. The average Bonchev–Trinajstić information content (AvgIpc) is 3.49. The zero-order chi connectivity index (χ0) is 26.5. The molecule has 3 aromatic carbocycles. The van der Waals surface area contributed by atoms with E-state index in [0.29, 0.717) is 11.3 Å². The third-order valence-electron chi connectivity index (χ3n) is 7.23. The van der Waals surface area contributed by atoms with Gasteiger partial charge in [0.2, 0.25) is 5.91 Å². The predicted octanol–water partition coefficient (Wildman–Crippen LogP) is 4.58. The third-order valence-corrected chi connectivity index (χ3v) is 7.23. The number of anilines is 3. The summed E-state index contributed by atoms with van der Waals surface area (Å²) in [5.41, 5.74) is 3.87. The minimum absolute atomic E-state index is 0.000656. The smallest absolute Gasteiger partial charge is 0.256 e. The molecule has 0 saturated carbocycles. The van der Waals surface area contributed by atoms with Gasteiger partial charge < -0.3 is 24.8 Å². The number of benzene rings is 3. The van der Waals surface area contributed by atoms with Crippen molar-refractivity contribution in [1.29, 1.82) is 0 Å². The second-order valence-corrected chi connectivity index (χ2v) is 9.73. The molecule has 1 N–H and O–H groups in total. The Morgan fingerprint density at radius 1 is 0.842 bits per heavy atom. The Hall–Kier alpha value is -4.07. The number of carbonyl (C=O) groups excluding carboxylic acids is 2. The van der Waals surface area contributed by atoms with Crippen LogP contribution in [0.5, 0.6) is 5.75 Å². The average molecular weight is 517 g/mol. The molecule has 0 spiro atoms. The van der Waals surface area contributed by atoms with Gasteiger partial charge in [-0.05, 0) is 60.9 Å². The lowest BCUT2D eigenvalue weighted by molar-refractivity contribution is -0.115. The van der Waals surface area contributed by atoms with Crippen LogP contribution < -0.4 is 19.9 Å². The second-order valence-electron chi connectivity index (χ2n) is 9.73. The molecule has 198 valence electrons. The lowest BCUT2D eigenvalue weighted by Crippen LogP contribution is -2.47. The Bertz CT molecular complexity index is 1280. The first-order valence-electron chi connectivity index (χ1n) is 13.1. The first-order chi connectivity index (χ1) is 18.5. The van der Waals surface area contributed by atoms with Gasteiger partial charge in [-0.2, -0.15) is 0 Å². The Labute approximate surface area is 222 Å². The van der Waals surface area contributed by atoms with Gasteiger partial charge in [-0.1, -0.05) is 24.3 Å². The van der Waals surface area contributed by atoms with Gasteiger partial charge in [0.05, 0.1) is 24.8 Å². The van der Waals surface area contributed by atoms with Crippen LogP contribution in [-0.4, -0.2) is 63.1 Å². The summed E-state index contributed by atoms with van der Waals surface area (Å²) in [5.74, 6) is 0.304. The molecule has 38 heavy (non-hydrogen) atoms. The van der Waals surface area contributed by atoms with E-state index in [1.54, 1.807) is 25.3 Å². The van der Waals surface area contributed by atoms with Crippen LogP contribution >= 0.6 is 0 Å². The number of para-hydroxylation sites is 2. The summed E-state index contributed by atoms with van der Waals surface area (Å²) in [6.45, 7) is 4.62. The summed E-state index contributed by atoms with van der Waals surface area (Å²) in [6.07, 6.45) is 2.14. The van der Waals surface area contributed by atoms with Gasteiger partial charge in [-0.15, -0.1) is 0 Å². The quantitative estimate of drug-likeness (QED) is 0.498. The first kappa shape index (κ1) is 25.6. The summed E-state index contributed by atoms with van der Waals surface area (Å²) in [5, 5.41) is 2.92. The monoisotopic (exact) mass is 516 g/mol. The summed E-state index contributed by atoms with van der Waals surface area (Å²) in [6, 6.07) is 19.5. The van der Waals surface area contributed by atoms with E-state index in [4.69, 9.17) is 4.74 Å². The minimum atomic E-state index is -0.335. The topological polar surface area (TPSA) is 65.1 Å². The molecule has 0 bridgehead atoms. The number of rotatable bonds is 7. The SMILES string of the molecule is COc1ccccc1N1CCN(c2ccc(NC(=O)Cc3ccc(F)cc3)cc2C(=O)N2CCCC2)CC1. The van der Waals surface area contributed by atoms with Crippen molar-refractivity contribution in [1.82, 2.24) is 4.90 Å². The highest BCUT2D eigenvalue weighted by molar-refractivity contribution is 6.02. The van der Waals surface area contributed by atoms with Crippen molar-refractivity contribution < 1.29 is 18.7 Å². The van der Waals surface area contributed by atoms with Crippen molar-refractivity contribution in [2.75, 3.05) is 61.5 Å². The summed E-state index contributed by atoms with van der Waals surface area (Å²) in [7, 11) is 1.69. The van der Waals surface area contributed by atoms with Gasteiger partial charge in [0.25, 0.3) is 5.91 Å². The fraction of sp³-hybridized carbons (Fsp3) is 0.333. The van der Waals surface area contributed by atoms with E-state index in [1.807, 2.05) is 35.2 Å². The molecule has 0 atom stereocenters. The molecule has 0 aromatic heterocycles. The number of hydrogen-bond donors (Lipinski definition) is 1. The number of nitrogens with one attached hydrogen (secondary N) is 1. The first-order valence-corrected chi connectivity index (χ1v) is 13.1. The number of carbonyl (C=O) groups is 2. The molecule has 2 heterocycles. The Kier molecular flexibility index (Phi) is 7.77. The molecule has 5 rings (SSSR count). The Morgan fingerprint density at radius 2 is 1.50 bits per heavy atom. The number of ether oxygens (including phenoxy) is 1. The van der Waals surface area contributed by atoms with Gasteiger partial charge in [-0.3, -0.25) is 9.59 Å². The summed E-state index contributed by atoms with van der Waals surface area (Å²) in [4.78, 5) is 32.7. The molecule has 3 aromatic rings. The number of halogens is 1. The van der Waals surface area contributed by atoms with Gasteiger partial charge in [0, 0.05) is 50.6 Å². The highest BCUT2D eigenvalue weighted by atomic mass is 19.1. The van der Waals surface area contributed by atoms with E-state index in [9.17, 15) is 14.0 Å². The van der Waals surface area contributed by atoms with Gasteiger partial charge in [0.15, 0.2) is 0 Å². The molecule has 0 unspecified atom stereocenters. The second kappa shape index (κ2) is 11.5. The van der Waals surface area contributed by atoms with Crippen molar-refractivity contribution >= 4 is 28.9 Å². The molecule has 7 nitrogen and oxygen atoms in total. The highest BCUT2D eigenvalue weighted by Crippen LogP contribution is 2.32. The maximum absolute atomic E-state index is 13.6. The lowest BCUT2D eigenvalue weighted by atomic mass is 10.1. The van der Waals surface area contributed by atoms with E-state index in [-0.39, 0.29) is 24.1 Å². The molecule has 2 aliphatic heterocycles. The van der Waals surface area contributed by atoms with Crippen LogP contribution in [0, 0.1) is 5.82 Å². The number of nitrogens with zero attached hydrogens (tertiary/aromatic N) is 3. The van der Waals surface area contributed by atoms with Gasteiger partial charge >= 0.3 is 0 Å². The Balaban J connectivity index is 1.33. The molecule has 0 radical (unpaired) electrons. The van der Waals surface area contributed by atoms with Crippen molar-refractivity contribution in [3.05, 3.63) is 83.7 Å². The van der Waals surface area contributed by atoms with E-state index < -0.39 is 0 Å². The maximum atomic E-state index is 13.6. The van der Waals surface area contributed by atoms with Crippen LogP contribution in [0.1, 0.15) is 28.8 Å². The molecule has 2 saturated heterocycles. The van der Waals surface area contributed by atoms with Crippen molar-refractivity contribution in [2.24, 2.45) is 0 Å². The molecule has 2 aliphatic rings. The number of likely N-dealkylation sites (tertiary alicyclic amines) is 1. The number of methoxy groups -OCH3 is 1. The van der Waals surface area contributed by atoms with E-state index in [0.717, 1.165) is 74.8 Å². The molecule has 0 aliphatic carbocycles. The van der Waals surface area contributed by atoms with Crippen LogP contribution in [0.4, 0.5) is 21.5 Å². The minimum Gasteiger partial charge on any atom is -0.495 e. The lowest BCUT2D eigenvalue weighted by Gasteiger charge is -2.38.